The van der Waals surface area contributed by atoms with Crippen LogP contribution in [0.5, 0.6) is 0 Å². The molecule has 1 aromatic rings. The molecule has 1 heterocycles. The number of rotatable bonds is 4. The molecule has 0 bridgehead atoms. The Morgan fingerprint density at radius 2 is 2.10 bits per heavy atom. The molecule has 4 nitrogen and oxygen atoms in total. The molecule has 1 N–H and O–H groups in total. The van der Waals surface area contributed by atoms with Crippen LogP contribution in [0.4, 0.5) is 0 Å². The minimum atomic E-state index is -3.60. The lowest BCUT2D eigenvalue weighted by atomic mass is 10.2. The third-order valence-electron chi connectivity index (χ3n) is 3.36. The Kier molecular flexibility index (Phi) is 5.84. The third kappa shape index (κ3) is 3.68. The summed E-state index contributed by atoms with van der Waals surface area (Å²) >= 11 is 14.0. The fourth-order valence-electron chi connectivity index (χ4n) is 2.29. The molecule has 21 heavy (non-hydrogen) atoms. The van der Waals surface area contributed by atoms with Crippen molar-refractivity contribution in [2.75, 3.05) is 25.1 Å². The first kappa shape index (κ1) is 17.4. The zero-order valence-electron chi connectivity index (χ0n) is 11.9. The molecule has 0 radical (unpaired) electrons. The molecule has 1 unspecified atom stereocenters. The van der Waals surface area contributed by atoms with Gasteiger partial charge in [0.2, 0.25) is 10.0 Å². The highest BCUT2D eigenvalue weighted by atomic mass is 35.5. The Morgan fingerprint density at radius 1 is 1.38 bits per heavy atom. The quantitative estimate of drug-likeness (QED) is 0.887. The van der Waals surface area contributed by atoms with Crippen molar-refractivity contribution in [2.24, 2.45) is 0 Å². The second-order valence-corrected chi connectivity index (χ2v) is 8.77. The smallest absolute Gasteiger partial charge is 0.244 e. The van der Waals surface area contributed by atoms with E-state index in [4.69, 9.17) is 23.2 Å². The average Bonchev–Trinajstić information content (AvgIpc) is 2.42. The number of halogens is 2. The van der Waals surface area contributed by atoms with Crippen molar-refractivity contribution in [3.05, 3.63) is 27.7 Å². The van der Waals surface area contributed by atoms with Crippen molar-refractivity contribution in [3.63, 3.8) is 0 Å². The average molecular weight is 369 g/mol. The van der Waals surface area contributed by atoms with Crippen LogP contribution in [0.25, 0.3) is 0 Å². The molecule has 1 aromatic carbocycles. The second kappa shape index (κ2) is 7.06. The second-order valence-electron chi connectivity index (χ2n) is 4.94. The van der Waals surface area contributed by atoms with Gasteiger partial charge in [0.25, 0.3) is 0 Å². The fourth-order valence-corrected chi connectivity index (χ4v) is 5.99. The van der Waals surface area contributed by atoms with Gasteiger partial charge in [-0.2, -0.15) is 16.1 Å². The molecule has 0 saturated carbocycles. The van der Waals surface area contributed by atoms with Gasteiger partial charge in [0, 0.05) is 35.7 Å². The van der Waals surface area contributed by atoms with Crippen LogP contribution < -0.4 is 5.32 Å². The Hall–Kier alpha value is 0.0200. The van der Waals surface area contributed by atoms with Crippen LogP contribution in [0, 0.1) is 0 Å². The van der Waals surface area contributed by atoms with Gasteiger partial charge in [-0.3, -0.25) is 0 Å². The summed E-state index contributed by atoms with van der Waals surface area (Å²) in [7, 11) is -1.82. The molecule has 2 rings (SSSR count). The predicted octanol–water partition coefficient (Wildman–Crippen LogP) is 2.84. The Balaban J connectivity index is 2.46. The topological polar surface area (TPSA) is 49.4 Å². The van der Waals surface area contributed by atoms with E-state index < -0.39 is 10.0 Å². The summed E-state index contributed by atoms with van der Waals surface area (Å²) in [5.74, 6) is 1.60. The summed E-state index contributed by atoms with van der Waals surface area (Å²) in [6, 6.07) is 3.05. The van der Waals surface area contributed by atoms with Crippen LogP contribution >= 0.6 is 35.0 Å². The maximum absolute atomic E-state index is 12.9. The first-order valence-corrected chi connectivity index (χ1v) is 9.95. The fraction of sp³-hybridized carbons (Fsp3) is 0.538. The summed E-state index contributed by atoms with van der Waals surface area (Å²) in [6.07, 6.45) is 0. The molecule has 1 aliphatic rings. The largest absolute Gasteiger partial charge is 0.316 e. The zero-order valence-corrected chi connectivity index (χ0v) is 15.0. The summed E-state index contributed by atoms with van der Waals surface area (Å²) < 4.78 is 27.2. The molecule has 1 fully saturated rings. The Labute approximate surface area is 140 Å². The van der Waals surface area contributed by atoms with Crippen LogP contribution in [0.3, 0.4) is 0 Å². The van der Waals surface area contributed by atoms with Gasteiger partial charge in [-0.05, 0) is 31.7 Å². The van der Waals surface area contributed by atoms with Gasteiger partial charge in [0.15, 0.2) is 0 Å². The molecule has 1 saturated heterocycles. The summed E-state index contributed by atoms with van der Waals surface area (Å²) in [4.78, 5) is 0.137. The van der Waals surface area contributed by atoms with Gasteiger partial charge in [-0.15, -0.1) is 0 Å². The highest BCUT2D eigenvalue weighted by Gasteiger charge is 2.33. The molecular weight excluding hydrogens is 351 g/mol. The minimum Gasteiger partial charge on any atom is -0.316 e. The number of nitrogens with one attached hydrogen (secondary N) is 1. The standard InChI is InChI=1S/C13H18Cl2N2O2S2/c1-9-8-20-4-3-17(9)21(18,19)13-5-10(7-16-2)11(14)6-12(13)15/h5-6,9,16H,3-4,7-8H2,1-2H3. The van der Waals surface area contributed by atoms with E-state index in [1.165, 1.54) is 10.4 Å². The lowest BCUT2D eigenvalue weighted by Crippen LogP contribution is -2.44. The van der Waals surface area contributed by atoms with E-state index in [0.29, 0.717) is 18.1 Å². The van der Waals surface area contributed by atoms with E-state index in [-0.39, 0.29) is 16.0 Å². The van der Waals surface area contributed by atoms with Crippen molar-refractivity contribution >= 4 is 45.0 Å². The van der Waals surface area contributed by atoms with Gasteiger partial charge in [0.1, 0.15) is 4.90 Å². The highest BCUT2D eigenvalue weighted by molar-refractivity contribution is 7.99. The highest BCUT2D eigenvalue weighted by Crippen LogP contribution is 2.32. The summed E-state index contributed by atoms with van der Waals surface area (Å²) in [6.45, 7) is 2.92. The van der Waals surface area contributed by atoms with Crippen molar-refractivity contribution in [3.8, 4) is 0 Å². The number of sulfonamides is 1. The maximum Gasteiger partial charge on any atom is 0.244 e. The van der Waals surface area contributed by atoms with E-state index in [2.05, 4.69) is 5.32 Å². The molecule has 0 spiro atoms. The molecule has 0 amide bonds. The molecule has 0 aromatic heterocycles. The van der Waals surface area contributed by atoms with E-state index >= 15 is 0 Å². The van der Waals surface area contributed by atoms with Crippen LogP contribution in [0.1, 0.15) is 12.5 Å². The Bertz CT molecular complexity index is 623. The van der Waals surface area contributed by atoms with E-state index in [0.717, 1.165) is 17.1 Å². The summed E-state index contributed by atoms with van der Waals surface area (Å²) in [5, 5.41) is 3.61. The third-order valence-corrected chi connectivity index (χ3v) is 7.38. The Morgan fingerprint density at radius 3 is 2.71 bits per heavy atom. The zero-order chi connectivity index (χ0) is 15.6. The molecule has 8 heteroatoms. The van der Waals surface area contributed by atoms with E-state index in [9.17, 15) is 8.42 Å². The van der Waals surface area contributed by atoms with Crippen molar-refractivity contribution in [2.45, 2.75) is 24.4 Å². The number of hydrogen-bond donors (Lipinski definition) is 1. The van der Waals surface area contributed by atoms with Crippen LogP contribution in [0.2, 0.25) is 10.0 Å². The van der Waals surface area contributed by atoms with Gasteiger partial charge < -0.3 is 5.32 Å². The van der Waals surface area contributed by atoms with E-state index in [1.54, 1.807) is 24.9 Å². The van der Waals surface area contributed by atoms with Crippen molar-refractivity contribution < 1.29 is 8.42 Å². The molecule has 1 aliphatic heterocycles. The number of benzene rings is 1. The predicted molar refractivity (Wildman–Crippen MR) is 89.9 cm³/mol. The molecule has 1 atom stereocenters. The normalized spacial score (nSPS) is 20.7. The minimum absolute atomic E-state index is 0.0340. The number of hydrogen-bond acceptors (Lipinski definition) is 4. The summed E-state index contributed by atoms with van der Waals surface area (Å²) in [5.41, 5.74) is 0.723. The van der Waals surface area contributed by atoms with Crippen molar-refractivity contribution in [1.82, 2.24) is 9.62 Å². The van der Waals surface area contributed by atoms with Crippen molar-refractivity contribution in [1.29, 1.82) is 0 Å². The van der Waals surface area contributed by atoms with Gasteiger partial charge >= 0.3 is 0 Å². The SMILES string of the molecule is CNCc1cc(S(=O)(=O)N2CCSCC2C)c(Cl)cc1Cl. The van der Waals surface area contributed by atoms with E-state index in [1.807, 2.05) is 6.92 Å². The monoisotopic (exact) mass is 368 g/mol. The molecule has 118 valence electrons. The lowest BCUT2D eigenvalue weighted by Gasteiger charge is -2.32. The molecular formula is C13H18Cl2N2O2S2. The maximum atomic E-state index is 12.9. The lowest BCUT2D eigenvalue weighted by molar-refractivity contribution is 0.367. The number of nitrogens with zero attached hydrogens (tertiary/aromatic N) is 1. The van der Waals surface area contributed by atoms with Crippen LogP contribution in [-0.4, -0.2) is 43.9 Å². The van der Waals surface area contributed by atoms with Gasteiger partial charge in [-0.25, -0.2) is 8.42 Å². The molecule has 0 aliphatic carbocycles. The van der Waals surface area contributed by atoms with Gasteiger partial charge in [0.05, 0.1) is 5.02 Å². The van der Waals surface area contributed by atoms with Gasteiger partial charge in [-0.1, -0.05) is 23.2 Å². The number of thioether (sulfide) groups is 1. The first-order valence-electron chi connectivity index (χ1n) is 6.60. The first-order chi connectivity index (χ1) is 9.87. The van der Waals surface area contributed by atoms with Crippen LogP contribution in [-0.2, 0) is 16.6 Å². The van der Waals surface area contributed by atoms with Crippen LogP contribution in [0.15, 0.2) is 17.0 Å².